The molecule has 3 nitrogen and oxygen atoms in total. The van der Waals surface area contributed by atoms with E-state index in [0.29, 0.717) is 11.8 Å². The van der Waals surface area contributed by atoms with Crippen LogP contribution in [-0.4, -0.2) is 42.4 Å². The number of rotatable bonds is 6. The molecule has 0 aromatic heterocycles. The van der Waals surface area contributed by atoms with Gasteiger partial charge < -0.3 is 5.32 Å². The number of Topliss-reactive ketones (excluding diaryl/α,β-unsaturated/α-hetero) is 1. The van der Waals surface area contributed by atoms with E-state index in [9.17, 15) is 4.79 Å². The number of carbonyl (C=O) groups is 1. The zero-order valence-electron chi connectivity index (χ0n) is 12.5. The van der Waals surface area contributed by atoms with Crippen LogP contribution < -0.4 is 5.32 Å². The monoisotopic (exact) mass is 266 g/mol. The van der Waals surface area contributed by atoms with Crippen LogP contribution in [-0.2, 0) is 4.79 Å². The van der Waals surface area contributed by atoms with Gasteiger partial charge in [0.2, 0.25) is 0 Å². The highest BCUT2D eigenvalue weighted by Gasteiger charge is 2.30. The standard InChI is InChI=1S/C16H30N2O/c1-2-3-6-11-17-14-9-12-18(13-10-14)15-7-4-5-8-16(15)19/h14-15,17H,2-13H2,1H3. The van der Waals surface area contributed by atoms with Gasteiger partial charge in [-0.3, -0.25) is 9.69 Å². The normalized spacial score (nSPS) is 26.8. The SMILES string of the molecule is CCCCCNC1CCN(C2CCCCC2=O)CC1. The summed E-state index contributed by atoms with van der Waals surface area (Å²) in [5, 5.41) is 3.68. The van der Waals surface area contributed by atoms with E-state index in [4.69, 9.17) is 0 Å². The van der Waals surface area contributed by atoms with E-state index in [2.05, 4.69) is 17.1 Å². The Morgan fingerprint density at radius 2 is 1.95 bits per heavy atom. The molecule has 1 saturated carbocycles. The summed E-state index contributed by atoms with van der Waals surface area (Å²) in [6.07, 6.45) is 10.7. The van der Waals surface area contributed by atoms with Crippen molar-refractivity contribution in [2.24, 2.45) is 0 Å². The van der Waals surface area contributed by atoms with E-state index in [0.717, 1.165) is 32.4 Å². The highest BCUT2D eigenvalue weighted by molar-refractivity contribution is 5.84. The molecule has 1 heterocycles. The lowest BCUT2D eigenvalue weighted by molar-refractivity contribution is -0.126. The predicted octanol–water partition coefficient (Wildman–Crippen LogP) is 2.74. The average molecular weight is 266 g/mol. The topological polar surface area (TPSA) is 32.3 Å². The summed E-state index contributed by atoms with van der Waals surface area (Å²) in [4.78, 5) is 14.4. The third-order valence-corrected chi connectivity index (χ3v) is 4.71. The van der Waals surface area contributed by atoms with Crippen molar-refractivity contribution in [2.75, 3.05) is 19.6 Å². The summed E-state index contributed by atoms with van der Waals surface area (Å²) in [6, 6.07) is 0.946. The van der Waals surface area contributed by atoms with E-state index >= 15 is 0 Å². The molecule has 1 atom stereocenters. The summed E-state index contributed by atoms with van der Waals surface area (Å²) < 4.78 is 0. The molecule has 0 amide bonds. The van der Waals surface area contributed by atoms with Crippen molar-refractivity contribution in [3.8, 4) is 0 Å². The number of likely N-dealkylation sites (tertiary alicyclic amines) is 1. The van der Waals surface area contributed by atoms with Gasteiger partial charge in [-0.2, -0.15) is 0 Å². The van der Waals surface area contributed by atoms with Crippen LogP contribution >= 0.6 is 0 Å². The average Bonchev–Trinajstić information content (AvgIpc) is 2.45. The van der Waals surface area contributed by atoms with E-state index in [1.807, 2.05) is 0 Å². The van der Waals surface area contributed by atoms with Crippen LogP contribution in [0.2, 0.25) is 0 Å². The molecule has 0 bridgehead atoms. The minimum Gasteiger partial charge on any atom is -0.314 e. The van der Waals surface area contributed by atoms with Crippen molar-refractivity contribution in [1.82, 2.24) is 10.2 Å². The lowest BCUT2D eigenvalue weighted by Gasteiger charge is -2.38. The molecule has 0 spiro atoms. The molecular formula is C16H30N2O. The number of nitrogens with one attached hydrogen (secondary N) is 1. The fourth-order valence-corrected chi connectivity index (χ4v) is 3.45. The Morgan fingerprint density at radius 3 is 2.63 bits per heavy atom. The van der Waals surface area contributed by atoms with Gasteiger partial charge in [0.1, 0.15) is 5.78 Å². The summed E-state index contributed by atoms with van der Waals surface area (Å²) >= 11 is 0. The quantitative estimate of drug-likeness (QED) is 0.750. The van der Waals surface area contributed by atoms with Crippen molar-refractivity contribution < 1.29 is 4.79 Å². The van der Waals surface area contributed by atoms with Gasteiger partial charge in [-0.1, -0.05) is 26.2 Å². The Bertz CT molecular complexity index is 272. The van der Waals surface area contributed by atoms with Crippen LogP contribution in [0.25, 0.3) is 0 Å². The minimum atomic E-state index is 0.259. The molecule has 19 heavy (non-hydrogen) atoms. The van der Waals surface area contributed by atoms with Gasteiger partial charge in [-0.25, -0.2) is 0 Å². The van der Waals surface area contributed by atoms with Gasteiger partial charge in [-0.05, 0) is 38.6 Å². The van der Waals surface area contributed by atoms with Gasteiger partial charge in [-0.15, -0.1) is 0 Å². The van der Waals surface area contributed by atoms with Crippen molar-refractivity contribution in [3.05, 3.63) is 0 Å². The first-order valence-electron chi connectivity index (χ1n) is 8.31. The molecule has 2 rings (SSSR count). The number of unbranched alkanes of at least 4 members (excludes halogenated alkanes) is 2. The second-order valence-electron chi connectivity index (χ2n) is 6.20. The first kappa shape index (κ1) is 15.0. The predicted molar refractivity (Wildman–Crippen MR) is 79.4 cm³/mol. The Hall–Kier alpha value is -0.410. The minimum absolute atomic E-state index is 0.259. The maximum atomic E-state index is 12.0. The number of ketones is 1. The van der Waals surface area contributed by atoms with Crippen molar-refractivity contribution in [1.29, 1.82) is 0 Å². The van der Waals surface area contributed by atoms with Crippen LogP contribution in [0, 0.1) is 0 Å². The summed E-state index contributed by atoms with van der Waals surface area (Å²) in [5.74, 6) is 0.501. The lowest BCUT2D eigenvalue weighted by atomic mass is 9.91. The molecule has 110 valence electrons. The summed E-state index contributed by atoms with van der Waals surface area (Å²) in [6.45, 7) is 5.64. The molecule has 3 heteroatoms. The molecule has 1 saturated heterocycles. The lowest BCUT2D eigenvalue weighted by Crippen LogP contribution is -2.50. The zero-order chi connectivity index (χ0) is 13.5. The summed E-state index contributed by atoms with van der Waals surface area (Å²) in [5.41, 5.74) is 0. The Balaban J connectivity index is 1.65. The van der Waals surface area contributed by atoms with Crippen LogP contribution in [0.4, 0.5) is 0 Å². The highest BCUT2D eigenvalue weighted by Crippen LogP contribution is 2.23. The van der Waals surface area contributed by atoms with Crippen molar-refractivity contribution in [2.45, 2.75) is 76.8 Å². The Labute approximate surface area is 118 Å². The van der Waals surface area contributed by atoms with Crippen molar-refractivity contribution >= 4 is 5.78 Å². The van der Waals surface area contributed by atoms with Crippen molar-refractivity contribution in [3.63, 3.8) is 0 Å². The van der Waals surface area contributed by atoms with E-state index < -0.39 is 0 Å². The van der Waals surface area contributed by atoms with Gasteiger partial charge >= 0.3 is 0 Å². The molecule has 0 radical (unpaired) electrons. The van der Waals surface area contributed by atoms with Crippen LogP contribution in [0.5, 0.6) is 0 Å². The van der Waals surface area contributed by atoms with E-state index in [1.165, 1.54) is 45.1 Å². The Kier molecular flexibility index (Phi) is 6.32. The Morgan fingerprint density at radius 1 is 1.16 bits per heavy atom. The maximum absolute atomic E-state index is 12.0. The molecule has 2 fully saturated rings. The highest BCUT2D eigenvalue weighted by atomic mass is 16.1. The van der Waals surface area contributed by atoms with Gasteiger partial charge in [0.25, 0.3) is 0 Å². The van der Waals surface area contributed by atoms with Crippen LogP contribution in [0.3, 0.4) is 0 Å². The van der Waals surface area contributed by atoms with Crippen LogP contribution in [0.15, 0.2) is 0 Å². The molecular weight excluding hydrogens is 236 g/mol. The first-order valence-corrected chi connectivity index (χ1v) is 8.31. The number of piperidine rings is 1. The van der Waals surface area contributed by atoms with Gasteiger partial charge in [0.15, 0.2) is 0 Å². The fourth-order valence-electron chi connectivity index (χ4n) is 3.45. The maximum Gasteiger partial charge on any atom is 0.149 e. The molecule has 2 aliphatic rings. The summed E-state index contributed by atoms with van der Waals surface area (Å²) in [7, 11) is 0. The molecule has 1 aliphatic heterocycles. The first-order chi connectivity index (χ1) is 9.31. The van der Waals surface area contributed by atoms with E-state index in [1.54, 1.807) is 0 Å². The molecule has 1 N–H and O–H groups in total. The second-order valence-corrected chi connectivity index (χ2v) is 6.20. The third-order valence-electron chi connectivity index (χ3n) is 4.71. The van der Waals surface area contributed by atoms with Gasteiger partial charge in [0.05, 0.1) is 6.04 Å². The fraction of sp³-hybridized carbons (Fsp3) is 0.938. The number of nitrogens with zero attached hydrogens (tertiary/aromatic N) is 1. The number of carbonyl (C=O) groups excluding carboxylic acids is 1. The number of hydrogen-bond acceptors (Lipinski definition) is 3. The molecule has 1 unspecified atom stereocenters. The largest absolute Gasteiger partial charge is 0.314 e. The third kappa shape index (κ3) is 4.57. The number of hydrogen-bond donors (Lipinski definition) is 1. The van der Waals surface area contributed by atoms with Gasteiger partial charge in [0, 0.05) is 25.6 Å². The molecule has 0 aromatic carbocycles. The van der Waals surface area contributed by atoms with Crippen LogP contribution in [0.1, 0.15) is 64.7 Å². The molecule has 1 aliphatic carbocycles. The second kappa shape index (κ2) is 8.01. The van der Waals surface area contributed by atoms with E-state index in [-0.39, 0.29) is 6.04 Å². The zero-order valence-corrected chi connectivity index (χ0v) is 12.5. The smallest absolute Gasteiger partial charge is 0.149 e. The molecule has 0 aromatic rings.